The summed E-state index contributed by atoms with van der Waals surface area (Å²) in [4.78, 5) is 0. The van der Waals surface area contributed by atoms with Crippen LogP contribution in [0.3, 0.4) is 0 Å². The lowest BCUT2D eigenvalue weighted by atomic mass is 10.1. The molecule has 0 aliphatic carbocycles. The minimum Gasteiger partial charge on any atom is -0.0590 e. The van der Waals surface area contributed by atoms with Crippen molar-refractivity contribution >= 4 is 0 Å². The van der Waals surface area contributed by atoms with E-state index in [9.17, 15) is 0 Å². The Hall–Kier alpha value is -0.780. The first kappa shape index (κ1) is 1.05. The molecule has 0 amide bonds. The first-order valence-corrected chi connectivity index (χ1v) is 2.25. The van der Waals surface area contributed by atoms with Crippen LogP contribution in [-0.2, 0) is 0 Å². The molecular weight excluding hydrogens is 108 g/mol. The van der Waals surface area contributed by atoms with Crippen LogP contribution in [0, 0.1) is 20.6 Å². The summed E-state index contributed by atoms with van der Waals surface area (Å²) in [5.41, 5.74) is -2.90. The van der Waals surface area contributed by atoms with Gasteiger partial charge in [0.1, 0.15) is 0 Å². The summed E-state index contributed by atoms with van der Waals surface area (Å²) < 4.78 is 88.8. The maximum Gasteiger partial charge on any atom is 0.0628 e. The number of benzene rings is 1. The predicted octanol–water partition coefficient (Wildman–Crippen LogP) is 2.61. The van der Waals surface area contributed by atoms with Gasteiger partial charge in [0.15, 0.2) is 0 Å². The van der Waals surface area contributed by atoms with Crippen molar-refractivity contribution in [3.63, 3.8) is 0 Å². The zero-order valence-corrected chi connectivity index (χ0v) is 4.50. The van der Waals surface area contributed by atoms with E-state index in [-0.39, 0.29) is 0 Å². The third-order valence-corrected chi connectivity index (χ3v) is 0.812. The summed E-state index contributed by atoms with van der Waals surface area (Å²) in [5.74, 6) is 0. The van der Waals surface area contributed by atoms with Crippen LogP contribution < -0.4 is 0 Å². The molecule has 0 unspecified atom stereocenters. The molecule has 1 aromatic carbocycles. The van der Waals surface area contributed by atoms with Crippen molar-refractivity contribution in [3.8, 4) is 0 Å². The molecule has 0 radical (unpaired) electrons. The molecule has 0 saturated heterocycles. The second-order valence-electron chi connectivity index (χ2n) is 1.50. The maximum atomic E-state index is 7.74. The molecule has 0 spiro atoms. The van der Waals surface area contributed by atoms with E-state index in [0.717, 1.165) is 0 Å². The zero-order valence-electron chi connectivity index (χ0n) is 16.5. The van der Waals surface area contributed by atoms with Crippen LogP contribution in [0.1, 0.15) is 33.1 Å². The molecule has 0 atom stereocenters. The average molecular weight is 132 g/mol. The summed E-state index contributed by atoms with van der Waals surface area (Å²) in [7, 11) is 0. The van der Waals surface area contributed by atoms with Gasteiger partial charge in [-0.3, -0.25) is 0 Å². The fourth-order valence-electron chi connectivity index (χ4n) is 0.406. The van der Waals surface area contributed by atoms with E-state index in [4.69, 9.17) is 16.4 Å². The lowest BCUT2D eigenvalue weighted by Gasteiger charge is -1.98. The Kier molecular flexibility index (Phi) is 0.258. The van der Waals surface area contributed by atoms with Gasteiger partial charge in [0.25, 0.3) is 0 Å². The molecule has 1 aromatic rings. The summed E-state index contributed by atoms with van der Waals surface area (Å²) in [5, 5.41) is 0. The van der Waals surface area contributed by atoms with Gasteiger partial charge in [-0.1, -0.05) is 23.7 Å². The summed E-state index contributed by atoms with van der Waals surface area (Å²) in [6.07, 6.45) is 0. The standard InChI is InChI=1S/C9H12/c1-7-4-5-8(2)9(3)6-7/h4-6H,1-3H3/i1D3,2D3,3D3,4D,5D,6D. The summed E-state index contributed by atoms with van der Waals surface area (Å²) in [6, 6.07) is -3.00. The quantitative estimate of drug-likeness (QED) is 0.509. The van der Waals surface area contributed by atoms with E-state index < -0.39 is 55.4 Å². The van der Waals surface area contributed by atoms with Gasteiger partial charge in [0.05, 0.1) is 4.11 Å². The van der Waals surface area contributed by atoms with Gasteiger partial charge < -0.3 is 0 Å². The average Bonchev–Trinajstić information content (AvgIpc) is 2.17. The van der Waals surface area contributed by atoms with E-state index in [1.807, 2.05) is 0 Å². The monoisotopic (exact) mass is 132 g/mol. The third kappa shape index (κ3) is 1.32. The molecule has 0 fully saturated rings. The second-order valence-corrected chi connectivity index (χ2v) is 1.50. The van der Waals surface area contributed by atoms with Crippen LogP contribution in [-0.4, -0.2) is 0 Å². The fraction of sp³-hybridized carbons (Fsp3) is 0.333. The van der Waals surface area contributed by atoms with Crippen LogP contribution in [0.2, 0.25) is 0 Å². The Labute approximate surface area is 73.4 Å². The van der Waals surface area contributed by atoms with Crippen molar-refractivity contribution in [1.82, 2.24) is 0 Å². The molecule has 0 bridgehead atoms. The molecule has 0 aliphatic rings. The van der Waals surface area contributed by atoms with Crippen LogP contribution >= 0.6 is 0 Å². The first-order valence-electron chi connectivity index (χ1n) is 8.25. The smallest absolute Gasteiger partial charge is 0.0590 e. The van der Waals surface area contributed by atoms with E-state index in [1.54, 1.807) is 0 Å². The molecule has 0 nitrogen and oxygen atoms in total. The Balaban J connectivity index is 4.05. The van der Waals surface area contributed by atoms with Gasteiger partial charge in [-0.15, -0.1) is 0 Å². The highest BCUT2D eigenvalue weighted by Gasteiger charge is 1.89. The minimum atomic E-state index is -3.08. The van der Waals surface area contributed by atoms with Crippen molar-refractivity contribution in [2.45, 2.75) is 20.6 Å². The number of hydrogen-bond acceptors (Lipinski definition) is 0. The molecule has 0 aliphatic heterocycles. The molecule has 0 N–H and O–H groups in total. The fourth-order valence-corrected chi connectivity index (χ4v) is 0.406. The number of rotatable bonds is 0. The number of hydrogen-bond donors (Lipinski definition) is 0. The molecule has 0 heterocycles. The molecule has 0 heteroatoms. The highest BCUT2D eigenvalue weighted by molar-refractivity contribution is 5.28. The van der Waals surface area contributed by atoms with E-state index in [1.165, 1.54) is 0 Å². The van der Waals surface area contributed by atoms with Crippen molar-refractivity contribution in [2.24, 2.45) is 0 Å². The van der Waals surface area contributed by atoms with Crippen LogP contribution in [0.5, 0.6) is 0 Å². The molecule has 0 saturated carbocycles. The van der Waals surface area contributed by atoms with Crippen molar-refractivity contribution in [1.29, 1.82) is 0 Å². The normalized spacial score (nSPS) is 33.3. The van der Waals surface area contributed by atoms with Crippen LogP contribution in [0.25, 0.3) is 0 Å². The van der Waals surface area contributed by atoms with Gasteiger partial charge in [0.2, 0.25) is 0 Å². The Morgan fingerprint density at radius 3 is 2.78 bits per heavy atom. The van der Waals surface area contributed by atoms with Gasteiger partial charge in [-0.2, -0.15) is 0 Å². The molecular formula is C9H12. The Bertz CT molecular complexity index is 558. The third-order valence-electron chi connectivity index (χ3n) is 0.812. The van der Waals surface area contributed by atoms with Gasteiger partial charge in [-0.25, -0.2) is 0 Å². The summed E-state index contributed by atoms with van der Waals surface area (Å²) in [6.45, 7) is -9.11. The SMILES string of the molecule is [2H]c1c([2H])c(C([2H])([2H])[2H])c(C([2H])([2H])[2H])c([2H])c1C([2H])([2H])[2H]. The lowest BCUT2D eigenvalue weighted by Crippen LogP contribution is -1.79. The largest absolute Gasteiger partial charge is 0.0628 e. The van der Waals surface area contributed by atoms with Crippen LogP contribution in [0.15, 0.2) is 18.1 Å². The van der Waals surface area contributed by atoms with Crippen molar-refractivity contribution < 1.29 is 16.4 Å². The highest BCUT2D eigenvalue weighted by Crippen LogP contribution is 2.07. The Morgan fingerprint density at radius 2 is 2.11 bits per heavy atom. The summed E-state index contributed by atoms with van der Waals surface area (Å²) >= 11 is 0. The van der Waals surface area contributed by atoms with E-state index in [0.29, 0.717) is 0 Å². The van der Waals surface area contributed by atoms with Crippen LogP contribution in [0.4, 0.5) is 0 Å². The van der Waals surface area contributed by atoms with E-state index in [2.05, 4.69) is 0 Å². The van der Waals surface area contributed by atoms with Gasteiger partial charge >= 0.3 is 0 Å². The minimum absolute atomic E-state index is 0.924. The van der Waals surface area contributed by atoms with Crippen molar-refractivity contribution in [3.05, 3.63) is 34.8 Å². The maximum absolute atomic E-state index is 7.74. The lowest BCUT2D eigenvalue weighted by molar-refractivity contribution is 1.30. The second kappa shape index (κ2) is 2.22. The predicted molar refractivity (Wildman–Crippen MR) is 40.7 cm³/mol. The molecule has 9 heavy (non-hydrogen) atoms. The first-order chi connectivity index (χ1) is 9.10. The van der Waals surface area contributed by atoms with E-state index >= 15 is 0 Å². The highest BCUT2D eigenvalue weighted by atomic mass is 13.9. The van der Waals surface area contributed by atoms with Gasteiger partial charge in [0, 0.05) is 12.3 Å². The molecule has 1 rings (SSSR count). The molecule has 48 valence electrons. The Morgan fingerprint density at radius 1 is 1.22 bits per heavy atom. The van der Waals surface area contributed by atoms with Gasteiger partial charge in [-0.05, 0) is 31.7 Å². The topological polar surface area (TPSA) is 0 Å². The zero-order chi connectivity index (χ0) is 17.0. The molecule has 0 aromatic heterocycles. The van der Waals surface area contributed by atoms with Crippen molar-refractivity contribution in [2.75, 3.05) is 0 Å².